The number of methoxy groups -OCH3 is 3. The van der Waals surface area contributed by atoms with Crippen LogP contribution in [0.1, 0.15) is 44.6 Å². The van der Waals surface area contributed by atoms with Gasteiger partial charge < -0.3 is 30.2 Å². The van der Waals surface area contributed by atoms with Gasteiger partial charge >= 0.3 is 0 Å². The molecule has 0 aromatic heterocycles. The van der Waals surface area contributed by atoms with Crippen molar-refractivity contribution in [2.75, 3.05) is 54.1 Å². The first kappa shape index (κ1) is 28.3. The second-order valence-corrected chi connectivity index (χ2v) is 7.80. The average Bonchev–Trinajstić information content (AvgIpc) is 2.81. The minimum Gasteiger partial charge on any atom is -0.493 e. The lowest BCUT2D eigenvalue weighted by Gasteiger charge is -2.38. The number of rotatable bonds is 11. The van der Waals surface area contributed by atoms with Gasteiger partial charge in [0.2, 0.25) is 5.91 Å². The number of hydrogen-bond acceptors (Lipinski definition) is 5. The summed E-state index contributed by atoms with van der Waals surface area (Å²) in [5.41, 5.74) is 1.22. The van der Waals surface area contributed by atoms with E-state index in [9.17, 15) is 4.79 Å². The van der Waals surface area contributed by atoms with Crippen LogP contribution in [0.25, 0.3) is 0 Å². The van der Waals surface area contributed by atoms with Crippen molar-refractivity contribution in [3.8, 4) is 11.5 Å². The summed E-state index contributed by atoms with van der Waals surface area (Å²) in [7, 11) is 4.93. The van der Waals surface area contributed by atoms with E-state index in [-0.39, 0.29) is 41.8 Å². The van der Waals surface area contributed by atoms with E-state index in [2.05, 4.69) is 33.1 Å². The van der Waals surface area contributed by atoms with Crippen LogP contribution in [0.5, 0.6) is 11.5 Å². The Bertz CT molecular complexity index is 724. The summed E-state index contributed by atoms with van der Waals surface area (Å²) in [6.07, 6.45) is 5.81. The molecule has 1 aromatic carbocycles. The number of aliphatic imine (C=N–C) groups is 1. The molecule has 1 aromatic rings. The molecule has 0 saturated heterocycles. The summed E-state index contributed by atoms with van der Waals surface area (Å²) in [6.45, 7) is 4.52. The van der Waals surface area contributed by atoms with Crippen LogP contribution in [0.15, 0.2) is 23.2 Å². The molecule has 1 aliphatic carbocycles. The van der Waals surface area contributed by atoms with E-state index in [1.807, 2.05) is 13.0 Å². The van der Waals surface area contributed by atoms with Crippen LogP contribution in [0, 0.1) is 0 Å². The molecule has 0 unspecified atom stereocenters. The molecule has 1 fully saturated rings. The number of nitrogens with zero attached hydrogens (tertiary/aromatic N) is 1. The number of carbonyl (C=O) groups is 1. The number of guanidine groups is 1. The molecular weight excluding hydrogens is 523 g/mol. The van der Waals surface area contributed by atoms with E-state index >= 15 is 0 Å². The predicted molar refractivity (Wildman–Crippen MR) is 139 cm³/mol. The van der Waals surface area contributed by atoms with Crippen molar-refractivity contribution in [2.24, 2.45) is 4.99 Å². The van der Waals surface area contributed by atoms with Crippen LogP contribution in [0.3, 0.4) is 0 Å². The fourth-order valence-electron chi connectivity index (χ4n) is 4.06. The van der Waals surface area contributed by atoms with Gasteiger partial charge in [-0.1, -0.05) is 25.3 Å². The highest BCUT2D eigenvalue weighted by molar-refractivity contribution is 14.0. The summed E-state index contributed by atoms with van der Waals surface area (Å²) < 4.78 is 15.9. The topological polar surface area (TPSA) is 93.2 Å². The van der Waals surface area contributed by atoms with Gasteiger partial charge in [-0.2, -0.15) is 0 Å². The maximum Gasteiger partial charge on any atom is 0.241 e. The Labute approximate surface area is 209 Å². The molecule has 0 atom stereocenters. The molecule has 1 amide bonds. The van der Waals surface area contributed by atoms with Crippen molar-refractivity contribution < 1.29 is 19.0 Å². The Morgan fingerprint density at radius 1 is 1.03 bits per heavy atom. The molecule has 8 nitrogen and oxygen atoms in total. The van der Waals surface area contributed by atoms with Crippen molar-refractivity contribution in [1.82, 2.24) is 16.0 Å². The molecule has 1 aliphatic rings. The monoisotopic (exact) mass is 562 g/mol. The highest BCUT2D eigenvalue weighted by Gasteiger charge is 2.34. The van der Waals surface area contributed by atoms with Crippen LogP contribution in [-0.4, -0.2) is 66.0 Å². The van der Waals surface area contributed by atoms with Crippen LogP contribution in [0.4, 0.5) is 0 Å². The molecule has 1 saturated carbocycles. The number of amides is 1. The Morgan fingerprint density at radius 3 is 2.38 bits per heavy atom. The summed E-state index contributed by atoms with van der Waals surface area (Å²) in [4.78, 5) is 16.5. The Kier molecular flexibility index (Phi) is 13.4. The quantitative estimate of drug-likeness (QED) is 0.166. The second kappa shape index (κ2) is 15.2. The van der Waals surface area contributed by atoms with Crippen molar-refractivity contribution in [1.29, 1.82) is 0 Å². The van der Waals surface area contributed by atoms with Crippen molar-refractivity contribution in [3.05, 3.63) is 23.8 Å². The molecular formula is C23H39IN4O4. The number of halogens is 1. The van der Waals surface area contributed by atoms with Crippen molar-refractivity contribution >= 4 is 35.8 Å². The third kappa shape index (κ3) is 8.31. The fraction of sp³-hybridized carbons (Fsp3) is 0.652. The van der Waals surface area contributed by atoms with Crippen LogP contribution in [0.2, 0.25) is 0 Å². The highest BCUT2D eigenvalue weighted by Crippen LogP contribution is 2.42. The average molecular weight is 562 g/mol. The zero-order valence-corrected chi connectivity index (χ0v) is 22.1. The smallest absolute Gasteiger partial charge is 0.241 e. The van der Waals surface area contributed by atoms with E-state index in [1.54, 1.807) is 21.3 Å². The lowest BCUT2D eigenvalue weighted by molar-refractivity contribution is -0.119. The van der Waals surface area contributed by atoms with Gasteiger partial charge in [-0.25, -0.2) is 4.99 Å². The zero-order valence-electron chi connectivity index (χ0n) is 19.8. The molecule has 0 radical (unpaired) electrons. The fourth-order valence-corrected chi connectivity index (χ4v) is 4.06. The number of ether oxygens (including phenoxy) is 3. The Balaban J connectivity index is 0.00000512. The lowest BCUT2D eigenvalue weighted by Crippen LogP contribution is -2.47. The summed E-state index contributed by atoms with van der Waals surface area (Å²) in [5, 5.41) is 9.52. The predicted octanol–water partition coefficient (Wildman–Crippen LogP) is 2.84. The SMILES string of the molecule is CCNC(=NCC(=O)NCCOC)NCC1(c2ccc(OC)c(OC)c2)CCCCC1.I. The minimum atomic E-state index is -0.124. The first-order chi connectivity index (χ1) is 15.1. The van der Waals surface area contributed by atoms with Gasteiger partial charge in [0, 0.05) is 32.2 Å². The highest BCUT2D eigenvalue weighted by atomic mass is 127. The van der Waals surface area contributed by atoms with Crippen molar-refractivity contribution in [3.63, 3.8) is 0 Å². The molecule has 0 aliphatic heterocycles. The largest absolute Gasteiger partial charge is 0.493 e. The van der Waals surface area contributed by atoms with Gasteiger partial charge in [-0.05, 0) is 37.5 Å². The minimum absolute atomic E-state index is 0. The number of benzene rings is 1. The van der Waals surface area contributed by atoms with Crippen LogP contribution >= 0.6 is 24.0 Å². The maximum absolute atomic E-state index is 12.0. The molecule has 3 N–H and O–H groups in total. The van der Waals surface area contributed by atoms with E-state index < -0.39 is 0 Å². The molecule has 9 heteroatoms. The first-order valence-corrected chi connectivity index (χ1v) is 11.1. The zero-order chi connectivity index (χ0) is 22.5. The third-order valence-corrected chi connectivity index (χ3v) is 5.75. The van der Waals surface area contributed by atoms with E-state index in [0.29, 0.717) is 19.1 Å². The van der Waals surface area contributed by atoms with Crippen molar-refractivity contribution in [2.45, 2.75) is 44.4 Å². The first-order valence-electron chi connectivity index (χ1n) is 11.1. The third-order valence-electron chi connectivity index (χ3n) is 5.75. The van der Waals surface area contributed by atoms with Gasteiger partial charge in [-0.3, -0.25) is 4.79 Å². The van der Waals surface area contributed by atoms with Gasteiger partial charge in [-0.15, -0.1) is 24.0 Å². The van der Waals surface area contributed by atoms with Crippen LogP contribution < -0.4 is 25.4 Å². The van der Waals surface area contributed by atoms with E-state index in [0.717, 1.165) is 37.4 Å². The van der Waals surface area contributed by atoms with E-state index in [4.69, 9.17) is 14.2 Å². The second-order valence-electron chi connectivity index (χ2n) is 7.80. The van der Waals surface area contributed by atoms with Crippen LogP contribution in [-0.2, 0) is 14.9 Å². The molecule has 0 spiro atoms. The van der Waals surface area contributed by atoms with Gasteiger partial charge in [0.05, 0.1) is 20.8 Å². The molecule has 0 bridgehead atoms. The van der Waals surface area contributed by atoms with Gasteiger partial charge in [0.15, 0.2) is 17.5 Å². The number of nitrogens with one attached hydrogen (secondary N) is 3. The Morgan fingerprint density at radius 2 is 1.75 bits per heavy atom. The van der Waals surface area contributed by atoms with E-state index in [1.165, 1.54) is 24.8 Å². The summed E-state index contributed by atoms with van der Waals surface area (Å²) >= 11 is 0. The molecule has 182 valence electrons. The summed E-state index contributed by atoms with van der Waals surface area (Å²) in [5.74, 6) is 2.01. The molecule has 2 rings (SSSR count). The number of carbonyl (C=O) groups excluding carboxylic acids is 1. The number of hydrogen-bond donors (Lipinski definition) is 3. The molecule has 32 heavy (non-hydrogen) atoms. The van der Waals surface area contributed by atoms with Gasteiger partial charge in [0.1, 0.15) is 6.54 Å². The molecule has 0 heterocycles. The Hall–Kier alpha value is -1.75. The lowest BCUT2D eigenvalue weighted by atomic mass is 9.69. The maximum atomic E-state index is 12.0. The normalized spacial score (nSPS) is 15.3. The van der Waals surface area contributed by atoms with Gasteiger partial charge in [0.25, 0.3) is 0 Å². The summed E-state index contributed by atoms with van der Waals surface area (Å²) in [6, 6.07) is 6.22. The standard InChI is InChI=1S/C23H38N4O4.HI/c1-5-24-22(26-16-21(28)25-13-14-29-2)27-17-23(11-7-6-8-12-23)18-9-10-19(30-3)20(15-18)31-4;/h9-10,15H,5-8,11-14,16-17H2,1-4H3,(H,25,28)(H2,24,26,27);1H.